The lowest BCUT2D eigenvalue weighted by Gasteiger charge is -2.32. The number of carbonyl (C=O) groups is 1. The van der Waals surface area contributed by atoms with Crippen molar-refractivity contribution in [1.82, 2.24) is 31.3 Å². The quantitative estimate of drug-likeness (QED) is 0.582. The van der Waals surface area contributed by atoms with E-state index in [0.29, 0.717) is 23.5 Å². The smallest absolute Gasteiger partial charge is 0.295 e. The van der Waals surface area contributed by atoms with Gasteiger partial charge < -0.3 is 15.3 Å². The number of fused-ring (bicyclic) bond motifs is 1. The Morgan fingerprint density at radius 3 is 2.90 bits per heavy atom. The monoisotopic (exact) mass is 411 g/mol. The van der Waals surface area contributed by atoms with E-state index < -0.39 is 11.9 Å². The molecule has 158 valence electrons. The number of pyridine rings is 1. The topological polar surface area (TPSA) is 126 Å². The van der Waals surface area contributed by atoms with Crippen molar-refractivity contribution in [3.8, 4) is 6.07 Å². The Hall–Kier alpha value is -3.29. The molecule has 4 N–H and O–H groups in total. The number of hydrazine groups is 2. The summed E-state index contributed by atoms with van der Waals surface area (Å²) in [5, 5.41) is 26.3. The van der Waals surface area contributed by atoms with E-state index in [1.54, 1.807) is 23.5 Å². The average Bonchev–Trinajstić information content (AvgIpc) is 3.41. The van der Waals surface area contributed by atoms with Gasteiger partial charge in [-0.25, -0.2) is 10.4 Å². The summed E-state index contributed by atoms with van der Waals surface area (Å²) in [5.41, 5.74) is 6.94. The van der Waals surface area contributed by atoms with Crippen molar-refractivity contribution in [3.63, 3.8) is 0 Å². The highest BCUT2D eigenvalue weighted by Crippen LogP contribution is 2.33. The molecule has 1 fully saturated rings. The SMILES string of the molecule is CC(C)(C)CN1NOC(C(=O)NC2CC2)=C(O)N2NC(c3cnccc3C#N)C=C12. The number of carbonyl (C=O) groups excluding carboxylic acids is 1. The molecule has 1 aromatic rings. The van der Waals surface area contributed by atoms with Crippen LogP contribution in [0.15, 0.2) is 42.0 Å². The second kappa shape index (κ2) is 7.51. The van der Waals surface area contributed by atoms with Crippen LogP contribution >= 0.6 is 0 Å². The summed E-state index contributed by atoms with van der Waals surface area (Å²) in [7, 11) is 0. The van der Waals surface area contributed by atoms with Crippen molar-refractivity contribution in [1.29, 1.82) is 5.26 Å². The lowest BCUT2D eigenvalue weighted by molar-refractivity contribution is -0.126. The number of nitrogens with zero attached hydrogens (tertiary/aromatic N) is 4. The molecule has 0 saturated heterocycles. The number of nitriles is 1. The van der Waals surface area contributed by atoms with Gasteiger partial charge in [-0.05, 0) is 30.4 Å². The molecule has 1 amide bonds. The van der Waals surface area contributed by atoms with Crippen molar-refractivity contribution >= 4 is 5.91 Å². The molecule has 0 aromatic carbocycles. The third-order valence-electron chi connectivity index (χ3n) is 4.82. The number of aromatic nitrogens is 1. The van der Waals surface area contributed by atoms with Gasteiger partial charge in [0.1, 0.15) is 5.82 Å². The minimum Gasteiger partial charge on any atom is -0.491 e. The van der Waals surface area contributed by atoms with Crippen LogP contribution < -0.4 is 16.3 Å². The number of hydrogen-bond acceptors (Lipinski definition) is 9. The van der Waals surface area contributed by atoms with Crippen LogP contribution in [0.1, 0.15) is 50.8 Å². The minimum absolute atomic E-state index is 0.109. The zero-order chi connectivity index (χ0) is 21.5. The van der Waals surface area contributed by atoms with E-state index in [9.17, 15) is 15.2 Å². The van der Waals surface area contributed by atoms with E-state index in [2.05, 4.69) is 48.2 Å². The van der Waals surface area contributed by atoms with Crippen LogP contribution in [0.25, 0.3) is 0 Å². The molecule has 4 rings (SSSR count). The molecule has 10 heteroatoms. The highest BCUT2D eigenvalue weighted by atomic mass is 16.7. The summed E-state index contributed by atoms with van der Waals surface area (Å²) < 4.78 is 0. The average molecular weight is 411 g/mol. The molecule has 1 aromatic heterocycles. The second-order valence-corrected chi connectivity index (χ2v) is 8.78. The molecule has 1 saturated carbocycles. The summed E-state index contributed by atoms with van der Waals surface area (Å²) in [6, 6.07) is 3.48. The van der Waals surface area contributed by atoms with Crippen LogP contribution in [-0.2, 0) is 9.63 Å². The highest BCUT2D eigenvalue weighted by molar-refractivity contribution is 5.92. The number of rotatable bonds is 4. The summed E-state index contributed by atoms with van der Waals surface area (Å²) in [5.74, 6) is -0.546. The summed E-state index contributed by atoms with van der Waals surface area (Å²) >= 11 is 0. The van der Waals surface area contributed by atoms with E-state index in [-0.39, 0.29) is 23.1 Å². The van der Waals surface area contributed by atoms with Gasteiger partial charge in [0, 0.05) is 30.5 Å². The first-order chi connectivity index (χ1) is 14.3. The molecule has 0 spiro atoms. The molecule has 3 heterocycles. The lowest BCUT2D eigenvalue weighted by Crippen LogP contribution is -2.45. The van der Waals surface area contributed by atoms with E-state index in [4.69, 9.17) is 4.84 Å². The van der Waals surface area contributed by atoms with Gasteiger partial charge in [-0.15, -0.1) is 0 Å². The van der Waals surface area contributed by atoms with E-state index in [1.807, 2.05) is 6.08 Å². The number of aliphatic hydroxyl groups is 1. The van der Waals surface area contributed by atoms with Crippen molar-refractivity contribution in [2.45, 2.75) is 45.7 Å². The summed E-state index contributed by atoms with van der Waals surface area (Å²) in [4.78, 5) is 22.2. The second-order valence-electron chi connectivity index (χ2n) is 8.78. The molecule has 1 unspecified atom stereocenters. The summed E-state index contributed by atoms with van der Waals surface area (Å²) in [6.45, 7) is 6.71. The molecule has 0 radical (unpaired) electrons. The molecule has 3 aliphatic rings. The van der Waals surface area contributed by atoms with E-state index >= 15 is 0 Å². The standard InChI is InChI=1S/C20H25N7O3/c1-20(2,3)11-26-16-8-15(14-10-22-7-6-12(14)9-21)24-27(16)19(29)17(30-25-26)18(28)23-13-4-5-13/h6-8,10,13,15,24-25,29H,4-5,11H2,1-3H3,(H,23,28). The number of aliphatic hydroxyl groups excluding tert-OH is 1. The maximum Gasteiger partial charge on any atom is 0.295 e. The fourth-order valence-electron chi connectivity index (χ4n) is 3.27. The highest BCUT2D eigenvalue weighted by Gasteiger charge is 2.39. The fourth-order valence-corrected chi connectivity index (χ4v) is 3.27. The van der Waals surface area contributed by atoms with E-state index in [1.165, 1.54) is 5.01 Å². The van der Waals surface area contributed by atoms with Crippen molar-refractivity contribution in [3.05, 3.63) is 53.1 Å². The molecular weight excluding hydrogens is 386 g/mol. The first-order valence-electron chi connectivity index (χ1n) is 9.83. The van der Waals surface area contributed by atoms with Gasteiger partial charge in [0.05, 0.1) is 17.7 Å². The Morgan fingerprint density at radius 1 is 1.47 bits per heavy atom. The molecule has 0 bridgehead atoms. The Morgan fingerprint density at radius 2 is 2.23 bits per heavy atom. The van der Waals surface area contributed by atoms with Crippen molar-refractivity contribution < 1.29 is 14.7 Å². The Labute approximate surface area is 174 Å². The summed E-state index contributed by atoms with van der Waals surface area (Å²) in [6.07, 6.45) is 6.84. The number of amides is 1. The molecule has 1 atom stereocenters. The predicted octanol–water partition coefficient (Wildman–Crippen LogP) is 1.46. The van der Waals surface area contributed by atoms with Gasteiger partial charge in [-0.3, -0.25) is 14.8 Å². The molecule has 30 heavy (non-hydrogen) atoms. The molecule has 10 nitrogen and oxygen atoms in total. The van der Waals surface area contributed by atoms with Crippen LogP contribution in [0.4, 0.5) is 0 Å². The van der Waals surface area contributed by atoms with Gasteiger partial charge in [-0.2, -0.15) is 5.26 Å². The van der Waals surface area contributed by atoms with Gasteiger partial charge >= 0.3 is 0 Å². The van der Waals surface area contributed by atoms with Crippen molar-refractivity contribution in [2.24, 2.45) is 5.41 Å². The first-order valence-corrected chi connectivity index (χ1v) is 9.83. The molecule has 1 aliphatic carbocycles. The lowest BCUT2D eigenvalue weighted by atomic mass is 9.96. The van der Waals surface area contributed by atoms with Gasteiger partial charge in [0.25, 0.3) is 17.5 Å². The van der Waals surface area contributed by atoms with Crippen LogP contribution in [0.5, 0.6) is 0 Å². The maximum absolute atomic E-state index is 12.6. The third kappa shape index (κ3) is 4.03. The zero-order valence-corrected chi connectivity index (χ0v) is 17.1. The zero-order valence-electron chi connectivity index (χ0n) is 17.1. The largest absolute Gasteiger partial charge is 0.491 e. The maximum atomic E-state index is 12.6. The van der Waals surface area contributed by atoms with Crippen LogP contribution in [-0.4, -0.2) is 38.6 Å². The molecular formula is C20H25N7O3. The Balaban J connectivity index is 1.70. The minimum atomic E-state index is -0.496. The predicted molar refractivity (Wildman–Crippen MR) is 106 cm³/mol. The van der Waals surface area contributed by atoms with Gasteiger partial charge in [0.2, 0.25) is 0 Å². The van der Waals surface area contributed by atoms with Crippen LogP contribution in [0, 0.1) is 16.7 Å². The third-order valence-corrected chi connectivity index (χ3v) is 4.82. The number of nitrogens with one attached hydrogen (secondary N) is 3. The normalized spacial score (nSPS) is 21.4. The Bertz CT molecular complexity index is 956. The number of hydrogen-bond donors (Lipinski definition) is 4. The van der Waals surface area contributed by atoms with E-state index in [0.717, 1.165) is 12.8 Å². The van der Waals surface area contributed by atoms with Crippen molar-refractivity contribution in [2.75, 3.05) is 6.54 Å². The van der Waals surface area contributed by atoms with Crippen LogP contribution in [0.3, 0.4) is 0 Å². The Kier molecular flexibility index (Phi) is 5.01. The first kappa shape index (κ1) is 20.0. The van der Waals surface area contributed by atoms with Gasteiger partial charge in [-0.1, -0.05) is 26.4 Å². The fraction of sp³-hybridized carbons (Fsp3) is 0.450. The van der Waals surface area contributed by atoms with Crippen LogP contribution in [0.2, 0.25) is 0 Å². The molecule has 2 aliphatic heterocycles. The van der Waals surface area contributed by atoms with Gasteiger partial charge in [0.15, 0.2) is 0 Å².